The Morgan fingerprint density at radius 1 is 1.00 bits per heavy atom. The average molecular weight is 443 g/mol. The van der Waals surface area contributed by atoms with Crippen LogP contribution >= 0.6 is 0 Å². The van der Waals surface area contributed by atoms with Crippen molar-refractivity contribution < 1.29 is 22.4 Å². The van der Waals surface area contributed by atoms with Crippen LogP contribution in [0.5, 0.6) is 0 Å². The first-order chi connectivity index (χ1) is 14.9. The maximum absolute atomic E-state index is 13.2. The molecule has 31 heavy (non-hydrogen) atoms. The molecule has 0 saturated carbocycles. The third kappa shape index (κ3) is 3.33. The second-order valence-corrected chi connectivity index (χ2v) is 10.4. The van der Waals surface area contributed by atoms with Crippen molar-refractivity contribution in [3.63, 3.8) is 0 Å². The SMILES string of the molecule is O=C(CCN1C(=O)c2ccccc2S1(=O)=O)N1[C@@H]2CC[C@@H]1CC(c1ccc(F)cc1)C2. The van der Waals surface area contributed by atoms with Gasteiger partial charge in [-0.3, -0.25) is 9.59 Å². The summed E-state index contributed by atoms with van der Waals surface area (Å²) < 4.78 is 39.5. The van der Waals surface area contributed by atoms with E-state index in [0.29, 0.717) is 0 Å². The molecule has 0 aromatic heterocycles. The first-order valence-electron chi connectivity index (χ1n) is 10.6. The number of sulfonamides is 1. The fourth-order valence-corrected chi connectivity index (χ4v) is 6.94. The standard InChI is InChI=1S/C23H23FN2O4S/c24-17-7-5-15(6-8-17)16-13-18-9-10-19(14-16)26(18)22(27)11-12-25-23(28)20-3-1-2-4-21(20)31(25,29)30/h1-8,16,18-19H,9-14H2/t18-,19-/m1/s1. The molecule has 2 amide bonds. The molecule has 3 aliphatic rings. The normalized spacial score (nSPS) is 26.2. The third-order valence-electron chi connectivity index (χ3n) is 6.80. The summed E-state index contributed by atoms with van der Waals surface area (Å²) >= 11 is 0. The topological polar surface area (TPSA) is 74.8 Å². The third-order valence-corrected chi connectivity index (χ3v) is 8.64. The molecule has 2 aromatic rings. The molecule has 0 spiro atoms. The Labute approximate surface area is 180 Å². The number of piperidine rings is 1. The van der Waals surface area contributed by atoms with E-state index in [4.69, 9.17) is 0 Å². The molecular weight excluding hydrogens is 419 g/mol. The lowest BCUT2D eigenvalue weighted by atomic mass is 9.85. The number of hydrogen-bond acceptors (Lipinski definition) is 4. The minimum absolute atomic E-state index is 0.00707. The molecule has 5 rings (SSSR count). The Hall–Kier alpha value is -2.74. The highest BCUT2D eigenvalue weighted by atomic mass is 32.2. The second kappa shape index (κ2) is 7.44. The van der Waals surface area contributed by atoms with E-state index in [0.717, 1.165) is 35.6 Å². The number of carbonyl (C=O) groups excluding carboxylic acids is 2. The van der Waals surface area contributed by atoms with Crippen LogP contribution in [0.25, 0.3) is 0 Å². The zero-order valence-electron chi connectivity index (χ0n) is 16.9. The van der Waals surface area contributed by atoms with Gasteiger partial charge in [0, 0.05) is 25.0 Å². The van der Waals surface area contributed by atoms with Crippen LogP contribution in [0, 0.1) is 5.82 Å². The first-order valence-corrected chi connectivity index (χ1v) is 12.0. The van der Waals surface area contributed by atoms with E-state index in [9.17, 15) is 22.4 Å². The van der Waals surface area contributed by atoms with Crippen LogP contribution in [0.2, 0.25) is 0 Å². The number of hydrogen-bond donors (Lipinski definition) is 0. The van der Waals surface area contributed by atoms with Crippen molar-refractivity contribution in [2.75, 3.05) is 6.54 Å². The minimum Gasteiger partial charge on any atom is -0.337 e. The maximum atomic E-state index is 13.2. The van der Waals surface area contributed by atoms with Crippen molar-refractivity contribution in [3.8, 4) is 0 Å². The molecule has 0 radical (unpaired) electrons. The minimum atomic E-state index is -3.90. The molecule has 0 aliphatic carbocycles. The fraction of sp³-hybridized carbons (Fsp3) is 0.391. The van der Waals surface area contributed by atoms with Gasteiger partial charge in [0.15, 0.2) is 0 Å². The Balaban J connectivity index is 1.26. The average Bonchev–Trinajstić information content (AvgIpc) is 3.13. The highest BCUT2D eigenvalue weighted by Crippen LogP contribution is 2.43. The molecule has 3 heterocycles. The van der Waals surface area contributed by atoms with Gasteiger partial charge in [-0.25, -0.2) is 17.1 Å². The number of carbonyl (C=O) groups is 2. The monoisotopic (exact) mass is 442 g/mol. The summed E-state index contributed by atoms with van der Waals surface area (Å²) in [5.41, 5.74) is 1.26. The Bertz CT molecular complexity index is 1130. The van der Waals surface area contributed by atoms with Gasteiger partial charge in [0.05, 0.1) is 5.56 Å². The van der Waals surface area contributed by atoms with Crippen molar-refractivity contribution in [3.05, 3.63) is 65.5 Å². The second-order valence-electron chi connectivity index (χ2n) is 8.53. The van der Waals surface area contributed by atoms with Gasteiger partial charge < -0.3 is 4.90 Å². The van der Waals surface area contributed by atoms with Gasteiger partial charge in [0.25, 0.3) is 15.9 Å². The summed E-state index contributed by atoms with van der Waals surface area (Å²) in [6.07, 6.45) is 3.45. The predicted molar refractivity (Wildman–Crippen MR) is 111 cm³/mol. The van der Waals surface area contributed by atoms with Gasteiger partial charge in [-0.05, 0) is 61.4 Å². The predicted octanol–water partition coefficient (Wildman–Crippen LogP) is 3.30. The van der Waals surface area contributed by atoms with Crippen LogP contribution in [0.3, 0.4) is 0 Å². The maximum Gasteiger partial charge on any atom is 0.269 e. The summed E-state index contributed by atoms with van der Waals surface area (Å²) in [6.45, 7) is -0.147. The molecular formula is C23H23FN2O4S. The lowest BCUT2D eigenvalue weighted by Gasteiger charge is -2.39. The number of nitrogens with zero attached hydrogens (tertiary/aromatic N) is 2. The van der Waals surface area contributed by atoms with Crippen molar-refractivity contribution in [1.29, 1.82) is 0 Å². The van der Waals surface area contributed by atoms with Gasteiger partial charge in [-0.1, -0.05) is 24.3 Å². The van der Waals surface area contributed by atoms with Crippen molar-refractivity contribution in [1.82, 2.24) is 9.21 Å². The quantitative estimate of drug-likeness (QED) is 0.728. The highest BCUT2D eigenvalue weighted by Gasteiger charge is 2.45. The fourth-order valence-electron chi connectivity index (χ4n) is 5.37. The van der Waals surface area contributed by atoms with E-state index in [2.05, 4.69) is 0 Å². The molecule has 162 valence electrons. The number of amides is 2. The summed E-state index contributed by atoms with van der Waals surface area (Å²) in [6, 6.07) is 12.9. The molecule has 2 fully saturated rings. The van der Waals surface area contributed by atoms with Crippen molar-refractivity contribution >= 4 is 21.8 Å². The van der Waals surface area contributed by atoms with Crippen LogP contribution < -0.4 is 0 Å². The number of halogens is 1. The van der Waals surface area contributed by atoms with Crippen LogP contribution in [-0.4, -0.2) is 48.1 Å². The summed E-state index contributed by atoms with van der Waals surface area (Å²) in [4.78, 5) is 27.5. The Morgan fingerprint density at radius 2 is 1.65 bits per heavy atom. The van der Waals surface area contributed by atoms with Gasteiger partial charge in [-0.15, -0.1) is 0 Å². The van der Waals surface area contributed by atoms with Gasteiger partial charge >= 0.3 is 0 Å². The van der Waals surface area contributed by atoms with E-state index in [1.54, 1.807) is 12.1 Å². The molecule has 0 N–H and O–H groups in total. The molecule has 8 heteroatoms. The number of fused-ring (bicyclic) bond motifs is 3. The smallest absolute Gasteiger partial charge is 0.269 e. The molecule has 0 unspecified atom stereocenters. The molecule has 3 aliphatic heterocycles. The highest BCUT2D eigenvalue weighted by molar-refractivity contribution is 7.90. The van der Waals surface area contributed by atoms with E-state index in [-0.39, 0.29) is 53.2 Å². The lowest BCUT2D eigenvalue weighted by Crippen LogP contribution is -2.47. The number of benzene rings is 2. The van der Waals surface area contributed by atoms with Crippen LogP contribution in [0.4, 0.5) is 4.39 Å². The summed E-state index contributed by atoms with van der Waals surface area (Å²) in [7, 11) is -3.90. The van der Waals surface area contributed by atoms with Crippen LogP contribution in [-0.2, 0) is 14.8 Å². The molecule has 6 nitrogen and oxygen atoms in total. The molecule has 2 aromatic carbocycles. The zero-order chi connectivity index (χ0) is 21.8. The first kappa shape index (κ1) is 20.2. The van der Waals surface area contributed by atoms with Gasteiger partial charge in [0.1, 0.15) is 10.7 Å². The lowest BCUT2D eigenvalue weighted by molar-refractivity contribution is -0.135. The van der Waals surface area contributed by atoms with Gasteiger partial charge in [-0.2, -0.15) is 0 Å². The van der Waals surface area contributed by atoms with E-state index < -0.39 is 15.9 Å². The van der Waals surface area contributed by atoms with Crippen LogP contribution in [0.1, 0.15) is 53.9 Å². The van der Waals surface area contributed by atoms with Crippen molar-refractivity contribution in [2.45, 2.75) is 55.0 Å². The van der Waals surface area contributed by atoms with E-state index in [1.807, 2.05) is 17.0 Å². The van der Waals surface area contributed by atoms with Crippen molar-refractivity contribution in [2.24, 2.45) is 0 Å². The zero-order valence-corrected chi connectivity index (χ0v) is 17.7. The summed E-state index contributed by atoms with van der Waals surface area (Å²) in [5.74, 6) is -0.643. The van der Waals surface area contributed by atoms with E-state index in [1.165, 1.54) is 24.3 Å². The number of rotatable bonds is 4. The summed E-state index contributed by atoms with van der Waals surface area (Å²) in [5, 5.41) is 0. The van der Waals surface area contributed by atoms with E-state index >= 15 is 0 Å². The largest absolute Gasteiger partial charge is 0.337 e. The molecule has 2 saturated heterocycles. The Morgan fingerprint density at radius 3 is 2.29 bits per heavy atom. The van der Waals surface area contributed by atoms with Gasteiger partial charge in [0.2, 0.25) is 5.91 Å². The van der Waals surface area contributed by atoms with Crippen LogP contribution in [0.15, 0.2) is 53.4 Å². The molecule has 2 atom stereocenters. The molecule has 2 bridgehead atoms. The Kier molecular flexibility index (Phi) is 4.84.